The number of fused-ring (bicyclic) bond motifs is 2. The highest BCUT2D eigenvalue weighted by atomic mass is 16.4. The Hall–Kier alpha value is -3.40. The van der Waals surface area contributed by atoms with E-state index in [1.165, 1.54) is 12.2 Å². The maximum atomic E-state index is 11.8. The highest BCUT2D eigenvalue weighted by Gasteiger charge is 2.25. The van der Waals surface area contributed by atoms with Crippen molar-refractivity contribution in [1.82, 2.24) is 0 Å². The van der Waals surface area contributed by atoms with E-state index < -0.39 is 11.9 Å². The van der Waals surface area contributed by atoms with Crippen molar-refractivity contribution in [1.29, 1.82) is 0 Å². The lowest BCUT2D eigenvalue weighted by Crippen LogP contribution is -2.12. The number of benzene rings is 3. The van der Waals surface area contributed by atoms with Crippen LogP contribution in [0.4, 0.5) is 0 Å². The summed E-state index contributed by atoms with van der Waals surface area (Å²) in [7, 11) is 0. The van der Waals surface area contributed by atoms with Crippen LogP contribution in [0.5, 0.6) is 0 Å². The average molecular weight is 318 g/mol. The Morgan fingerprint density at radius 3 is 1.75 bits per heavy atom. The first-order valence-corrected chi connectivity index (χ1v) is 7.23. The highest BCUT2D eigenvalue weighted by Crippen LogP contribution is 2.35. The maximum Gasteiger partial charge on any atom is 0.337 e. The molecule has 4 heteroatoms. The van der Waals surface area contributed by atoms with Gasteiger partial charge in [-0.2, -0.15) is 0 Å². The molecule has 4 nitrogen and oxygen atoms in total. The Morgan fingerprint density at radius 2 is 1.29 bits per heavy atom. The smallest absolute Gasteiger partial charge is 0.337 e. The van der Waals surface area contributed by atoms with E-state index in [-0.39, 0.29) is 16.7 Å². The van der Waals surface area contributed by atoms with E-state index in [2.05, 4.69) is 13.2 Å². The summed E-state index contributed by atoms with van der Waals surface area (Å²) in [4.78, 5) is 23.6. The van der Waals surface area contributed by atoms with Crippen molar-refractivity contribution in [3.8, 4) is 0 Å². The molecule has 0 radical (unpaired) electrons. The first-order chi connectivity index (χ1) is 11.5. The van der Waals surface area contributed by atoms with E-state index in [0.717, 1.165) is 10.8 Å². The van der Waals surface area contributed by atoms with Gasteiger partial charge in [-0.1, -0.05) is 49.6 Å². The number of hydrogen-bond acceptors (Lipinski definition) is 2. The van der Waals surface area contributed by atoms with Gasteiger partial charge in [-0.05, 0) is 44.8 Å². The number of carboxylic acids is 2. The predicted molar refractivity (Wildman–Crippen MR) is 95.6 cm³/mol. The molecule has 0 fully saturated rings. The van der Waals surface area contributed by atoms with E-state index in [0.29, 0.717) is 16.3 Å². The maximum absolute atomic E-state index is 11.8. The average Bonchev–Trinajstić information content (AvgIpc) is 2.57. The van der Waals surface area contributed by atoms with Gasteiger partial charge in [0, 0.05) is 0 Å². The van der Waals surface area contributed by atoms with E-state index in [1.807, 2.05) is 30.3 Å². The van der Waals surface area contributed by atoms with Crippen LogP contribution in [0.25, 0.3) is 33.7 Å². The Labute approximate surface area is 138 Å². The molecule has 3 aromatic carbocycles. The zero-order valence-electron chi connectivity index (χ0n) is 12.7. The van der Waals surface area contributed by atoms with Gasteiger partial charge < -0.3 is 10.2 Å². The van der Waals surface area contributed by atoms with Crippen molar-refractivity contribution in [2.75, 3.05) is 0 Å². The van der Waals surface area contributed by atoms with Gasteiger partial charge in [0.25, 0.3) is 0 Å². The number of carboxylic acid groups (broad SMARTS) is 2. The van der Waals surface area contributed by atoms with Gasteiger partial charge in [0.05, 0.1) is 11.1 Å². The standard InChI is InChI=1S/C20H14O4/c1-3-13-14(4-2)17(19(21)22)18(20(23)24)16-10-12-8-6-5-7-11(12)9-15(13)16/h3-10H,1-2H2,(H,21,22)(H,23,24). The monoisotopic (exact) mass is 318 g/mol. The minimum absolute atomic E-state index is 0.233. The van der Waals surface area contributed by atoms with Crippen LogP contribution >= 0.6 is 0 Å². The molecule has 0 heterocycles. The Morgan fingerprint density at radius 1 is 0.792 bits per heavy atom. The van der Waals surface area contributed by atoms with Crippen molar-refractivity contribution in [3.63, 3.8) is 0 Å². The lowest BCUT2D eigenvalue weighted by atomic mass is 9.87. The summed E-state index contributed by atoms with van der Waals surface area (Å²) >= 11 is 0. The van der Waals surface area contributed by atoms with Crippen molar-refractivity contribution < 1.29 is 19.8 Å². The predicted octanol–water partition coefficient (Wildman–Crippen LogP) is 4.68. The Balaban J connectivity index is 2.69. The Bertz CT molecular complexity index is 1040. The van der Waals surface area contributed by atoms with Gasteiger partial charge in [0.15, 0.2) is 0 Å². The summed E-state index contributed by atoms with van der Waals surface area (Å²) in [6, 6.07) is 11.1. The summed E-state index contributed by atoms with van der Waals surface area (Å²) in [5.74, 6) is -2.59. The second kappa shape index (κ2) is 5.66. The minimum Gasteiger partial charge on any atom is -0.478 e. The molecule has 118 valence electrons. The topological polar surface area (TPSA) is 74.6 Å². The van der Waals surface area contributed by atoms with Crippen molar-refractivity contribution >= 4 is 45.6 Å². The normalized spacial score (nSPS) is 10.7. The summed E-state index contributed by atoms with van der Waals surface area (Å²) in [6.07, 6.45) is 2.90. The molecule has 24 heavy (non-hydrogen) atoms. The number of hydrogen-bond donors (Lipinski definition) is 2. The fourth-order valence-corrected chi connectivity index (χ4v) is 3.10. The Kier molecular flexibility index (Phi) is 3.66. The van der Waals surface area contributed by atoms with Crippen LogP contribution in [0.3, 0.4) is 0 Å². The summed E-state index contributed by atoms with van der Waals surface area (Å²) in [5.41, 5.74) is 0.324. The number of carbonyl (C=O) groups is 2. The minimum atomic E-state index is -1.31. The molecule has 0 atom stereocenters. The third-order valence-electron chi connectivity index (χ3n) is 4.09. The summed E-state index contributed by atoms with van der Waals surface area (Å²) in [5, 5.41) is 22.0. The molecule has 0 aromatic heterocycles. The van der Waals surface area contributed by atoms with Crippen LogP contribution in [0.1, 0.15) is 31.8 Å². The second-order valence-electron chi connectivity index (χ2n) is 5.34. The SMILES string of the molecule is C=Cc1c(C(=O)O)c(C(=O)O)c2cc3ccccc3cc2c1C=C. The van der Waals surface area contributed by atoms with Crippen LogP contribution in [0.2, 0.25) is 0 Å². The zero-order valence-corrected chi connectivity index (χ0v) is 12.7. The molecule has 0 amide bonds. The fourth-order valence-electron chi connectivity index (χ4n) is 3.10. The number of aromatic carboxylic acids is 2. The molecule has 3 rings (SSSR count). The highest BCUT2D eigenvalue weighted by molar-refractivity contribution is 6.18. The van der Waals surface area contributed by atoms with Crippen molar-refractivity contribution in [2.24, 2.45) is 0 Å². The molecule has 0 spiro atoms. The van der Waals surface area contributed by atoms with Gasteiger partial charge >= 0.3 is 11.9 Å². The number of rotatable bonds is 4. The quantitative estimate of drug-likeness (QED) is 0.685. The molecular weight excluding hydrogens is 304 g/mol. The van der Waals surface area contributed by atoms with E-state index in [1.54, 1.807) is 6.07 Å². The largest absolute Gasteiger partial charge is 0.478 e. The molecule has 0 bridgehead atoms. The molecule has 0 aliphatic carbocycles. The molecule has 0 unspecified atom stereocenters. The zero-order chi connectivity index (χ0) is 17.4. The second-order valence-corrected chi connectivity index (χ2v) is 5.34. The lowest BCUT2D eigenvalue weighted by molar-refractivity contribution is 0.0653. The first kappa shape index (κ1) is 15.5. The van der Waals surface area contributed by atoms with E-state index in [9.17, 15) is 19.8 Å². The molecular formula is C20H14O4. The first-order valence-electron chi connectivity index (χ1n) is 7.23. The van der Waals surface area contributed by atoms with Crippen LogP contribution in [0.15, 0.2) is 49.6 Å². The molecule has 0 saturated heterocycles. The summed E-state index contributed by atoms with van der Waals surface area (Å²) in [6.45, 7) is 7.40. The molecule has 0 aliphatic heterocycles. The summed E-state index contributed by atoms with van der Waals surface area (Å²) < 4.78 is 0. The van der Waals surface area contributed by atoms with Crippen LogP contribution in [0, 0.1) is 0 Å². The van der Waals surface area contributed by atoms with Crippen molar-refractivity contribution in [2.45, 2.75) is 0 Å². The van der Waals surface area contributed by atoms with Gasteiger partial charge in [-0.25, -0.2) is 9.59 Å². The molecule has 0 saturated carbocycles. The van der Waals surface area contributed by atoms with Gasteiger partial charge in [-0.3, -0.25) is 0 Å². The molecule has 2 N–H and O–H groups in total. The van der Waals surface area contributed by atoms with Crippen LogP contribution in [-0.4, -0.2) is 22.2 Å². The third-order valence-corrected chi connectivity index (χ3v) is 4.09. The van der Waals surface area contributed by atoms with E-state index >= 15 is 0 Å². The molecule has 3 aromatic rings. The van der Waals surface area contributed by atoms with Gasteiger partial charge in [0.2, 0.25) is 0 Å². The van der Waals surface area contributed by atoms with E-state index in [4.69, 9.17) is 0 Å². The fraction of sp³-hybridized carbons (Fsp3) is 0. The molecule has 0 aliphatic rings. The van der Waals surface area contributed by atoms with Gasteiger partial charge in [0.1, 0.15) is 0 Å². The third kappa shape index (κ3) is 2.16. The van der Waals surface area contributed by atoms with Crippen LogP contribution in [-0.2, 0) is 0 Å². The lowest BCUT2D eigenvalue weighted by Gasteiger charge is -2.15. The van der Waals surface area contributed by atoms with Gasteiger partial charge in [-0.15, -0.1) is 0 Å². The van der Waals surface area contributed by atoms with Crippen LogP contribution < -0.4 is 0 Å². The van der Waals surface area contributed by atoms with Crippen molar-refractivity contribution in [3.05, 3.63) is 71.8 Å².